The summed E-state index contributed by atoms with van der Waals surface area (Å²) in [6, 6.07) is 16.7. The van der Waals surface area contributed by atoms with E-state index in [1.54, 1.807) is 23.9 Å². The molecule has 1 N–H and O–H groups in total. The molecule has 3 nitrogen and oxygen atoms in total. The van der Waals surface area contributed by atoms with E-state index >= 15 is 0 Å². The molecule has 0 spiro atoms. The number of thioether (sulfide) groups is 1. The Morgan fingerprint density at radius 1 is 1.05 bits per heavy atom. The van der Waals surface area contributed by atoms with Gasteiger partial charge >= 0.3 is 5.97 Å². The number of ether oxygens (including phenoxy) is 1. The van der Waals surface area contributed by atoms with Gasteiger partial charge in [0.25, 0.3) is 0 Å². The van der Waals surface area contributed by atoms with Crippen LogP contribution in [0.1, 0.15) is 16.8 Å². The van der Waals surface area contributed by atoms with Crippen molar-refractivity contribution >= 4 is 17.7 Å². The summed E-state index contributed by atoms with van der Waals surface area (Å²) in [5, 5.41) is 8.81. The predicted octanol–water partition coefficient (Wildman–Crippen LogP) is 3.95. The summed E-state index contributed by atoms with van der Waals surface area (Å²) in [7, 11) is 0. The second kappa shape index (κ2) is 7.60. The Bertz CT molecular complexity index is 537. The third kappa shape index (κ3) is 4.63. The van der Waals surface area contributed by atoms with Crippen molar-refractivity contribution in [2.45, 2.75) is 11.3 Å². The number of benzene rings is 2. The Balaban J connectivity index is 1.67. The highest BCUT2D eigenvalue weighted by Crippen LogP contribution is 2.19. The molecule has 0 radical (unpaired) electrons. The van der Waals surface area contributed by atoms with Crippen LogP contribution in [0.5, 0.6) is 5.75 Å². The van der Waals surface area contributed by atoms with Crippen molar-refractivity contribution in [2.24, 2.45) is 0 Å². The van der Waals surface area contributed by atoms with E-state index in [0.29, 0.717) is 12.2 Å². The second-order valence-electron chi connectivity index (χ2n) is 4.19. The lowest BCUT2D eigenvalue weighted by molar-refractivity contribution is 0.0697. The molecule has 0 aromatic heterocycles. The first-order valence-corrected chi connectivity index (χ1v) is 7.38. The summed E-state index contributed by atoms with van der Waals surface area (Å²) in [5.41, 5.74) is 0.321. The van der Waals surface area contributed by atoms with Crippen LogP contribution in [0.25, 0.3) is 0 Å². The van der Waals surface area contributed by atoms with Crippen molar-refractivity contribution in [3.63, 3.8) is 0 Å². The van der Waals surface area contributed by atoms with Crippen molar-refractivity contribution in [3.8, 4) is 5.75 Å². The van der Waals surface area contributed by atoms with Crippen LogP contribution in [0.2, 0.25) is 0 Å². The molecule has 20 heavy (non-hydrogen) atoms. The van der Waals surface area contributed by atoms with Crippen molar-refractivity contribution in [1.82, 2.24) is 0 Å². The molecule has 0 unspecified atom stereocenters. The van der Waals surface area contributed by atoms with E-state index in [9.17, 15) is 4.79 Å². The largest absolute Gasteiger partial charge is 0.494 e. The number of aromatic carboxylic acids is 1. The van der Waals surface area contributed by atoms with Gasteiger partial charge < -0.3 is 9.84 Å². The molecule has 0 bridgehead atoms. The van der Waals surface area contributed by atoms with Crippen LogP contribution in [0.3, 0.4) is 0 Å². The molecule has 0 heterocycles. The first-order chi connectivity index (χ1) is 9.75. The minimum atomic E-state index is -0.891. The van der Waals surface area contributed by atoms with E-state index in [1.807, 2.05) is 42.5 Å². The number of hydrogen-bond donors (Lipinski definition) is 1. The highest BCUT2D eigenvalue weighted by atomic mass is 32.2. The maximum Gasteiger partial charge on any atom is 0.335 e. The molecule has 0 atom stereocenters. The molecule has 0 amide bonds. The van der Waals surface area contributed by atoms with Gasteiger partial charge in [0.1, 0.15) is 5.75 Å². The van der Waals surface area contributed by atoms with E-state index < -0.39 is 5.97 Å². The van der Waals surface area contributed by atoms with Gasteiger partial charge in [0.05, 0.1) is 12.2 Å². The lowest BCUT2D eigenvalue weighted by atomic mass is 10.2. The topological polar surface area (TPSA) is 46.5 Å². The van der Waals surface area contributed by atoms with Gasteiger partial charge in [-0.2, -0.15) is 0 Å². The zero-order valence-corrected chi connectivity index (χ0v) is 11.8. The summed E-state index contributed by atoms with van der Waals surface area (Å²) >= 11 is 1.70. The quantitative estimate of drug-likeness (QED) is 0.619. The lowest BCUT2D eigenvalue weighted by Crippen LogP contribution is -1.98. The second-order valence-corrected chi connectivity index (χ2v) is 5.36. The lowest BCUT2D eigenvalue weighted by Gasteiger charge is -2.05. The molecular formula is C16H16O3S. The van der Waals surface area contributed by atoms with Crippen LogP contribution in [0, 0.1) is 0 Å². The molecule has 0 saturated heterocycles. The molecule has 0 aliphatic carbocycles. The normalized spacial score (nSPS) is 10.2. The molecular weight excluding hydrogens is 272 g/mol. The Labute approximate surface area is 122 Å². The average molecular weight is 288 g/mol. The molecule has 2 rings (SSSR count). The number of para-hydroxylation sites is 1. The van der Waals surface area contributed by atoms with Gasteiger partial charge in [-0.3, -0.25) is 0 Å². The van der Waals surface area contributed by atoms with Crippen LogP contribution in [0.4, 0.5) is 0 Å². The molecule has 104 valence electrons. The first-order valence-electron chi connectivity index (χ1n) is 6.40. The smallest absolute Gasteiger partial charge is 0.335 e. The maximum atomic E-state index is 10.7. The van der Waals surface area contributed by atoms with Crippen LogP contribution in [-0.2, 0) is 0 Å². The summed E-state index contributed by atoms with van der Waals surface area (Å²) in [6.45, 7) is 0.685. The van der Waals surface area contributed by atoms with E-state index in [-0.39, 0.29) is 0 Å². The Morgan fingerprint density at radius 2 is 1.75 bits per heavy atom. The van der Waals surface area contributed by atoms with Crippen molar-refractivity contribution < 1.29 is 14.6 Å². The fourth-order valence-corrected chi connectivity index (χ4v) is 2.48. The van der Waals surface area contributed by atoms with Gasteiger partial charge in [-0.25, -0.2) is 4.79 Å². The van der Waals surface area contributed by atoms with Gasteiger partial charge in [0.15, 0.2) is 0 Å². The van der Waals surface area contributed by atoms with Gasteiger partial charge in [-0.15, -0.1) is 11.8 Å². The third-order valence-electron chi connectivity index (χ3n) is 2.67. The minimum Gasteiger partial charge on any atom is -0.494 e. The number of carboxylic acid groups (broad SMARTS) is 1. The SMILES string of the molecule is O=C(O)c1ccc(SCCCOc2ccccc2)cc1. The number of hydrogen-bond acceptors (Lipinski definition) is 3. The Hall–Kier alpha value is -1.94. The van der Waals surface area contributed by atoms with E-state index in [0.717, 1.165) is 22.8 Å². The van der Waals surface area contributed by atoms with Crippen LogP contribution in [0.15, 0.2) is 59.5 Å². The minimum absolute atomic E-state index is 0.321. The summed E-state index contributed by atoms with van der Waals surface area (Å²) in [5.74, 6) is 0.945. The standard InChI is InChI=1S/C16H16O3S/c17-16(18)13-7-9-15(10-8-13)20-12-4-11-19-14-5-2-1-3-6-14/h1-3,5-10H,4,11-12H2,(H,17,18). The van der Waals surface area contributed by atoms with Gasteiger partial charge in [-0.1, -0.05) is 18.2 Å². The Morgan fingerprint density at radius 3 is 2.40 bits per heavy atom. The summed E-state index contributed by atoms with van der Waals surface area (Å²) < 4.78 is 5.60. The van der Waals surface area contributed by atoms with Crippen LogP contribution in [-0.4, -0.2) is 23.4 Å². The van der Waals surface area contributed by atoms with Crippen molar-refractivity contribution in [3.05, 3.63) is 60.2 Å². The molecule has 0 aliphatic rings. The molecule has 0 aliphatic heterocycles. The molecule has 2 aromatic rings. The van der Waals surface area contributed by atoms with Gasteiger partial charge in [0.2, 0.25) is 0 Å². The highest BCUT2D eigenvalue weighted by molar-refractivity contribution is 7.99. The first kappa shape index (κ1) is 14.5. The number of rotatable bonds is 7. The third-order valence-corrected chi connectivity index (χ3v) is 3.77. The molecule has 2 aromatic carbocycles. The zero-order chi connectivity index (χ0) is 14.2. The van der Waals surface area contributed by atoms with Gasteiger partial charge in [-0.05, 0) is 42.8 Å². The summed E-state index contributed by atoms with van der Waals surface area (Å²) in [4.78, 5) is 11.8. The monoisotopic (exact) mass is 288 g/mol. The fraction of sp³-hybridized carbons (Fsp3) is 0.188. The van der Waals surface area contributed by atoms with Gasteiger partial charge in [0, 0.05) is 10.6 Å². The van der Waals surface area contributed by atoms with Crippen molar-refractivity contribution in [2.75, 3.05) is 12.4 Å². The molecule has 0 saturated carbocycles. The molecule has 0 fully saturated rings. The van der Waals surface area contributed by atoms with E-state index in [4.69, 9.17) is 9.84 Å². The van der Waals surface area contributed by atoms with Crippen molar-refractivity contribution in [1.29, 1.82) is 0 Å². The van der Waals surface area contributed by atoms with E-state index in [2.05, 4.69) is 0 Å². The number of carboxylic acids is 1. The van der Waals surface area contributed by atoms with Crippen LogP contribution >= 0.6 is 11.8 Å². The predicted molar refractivity (Wildman–Crippen MR) is 80.7 cm³/mol. The molecule has 4 heteroatoms. The van der Waals surface area contributed by atoms with Crippen LogP contribution < -0.4 is 4.74 Å². The Kier molecular flexibility index (Phi) is 5.50. The zero-order valence-electron chi connectivity index (χ0n) is 11.0. The fourth-order valence-electron chi connectivity index (χ4n) is 1.65. The average Bonchev–Trinajstić information content (AvgIpc) is 2.48. The highest BCUT2D eigenvalue weighted by Gasteiger charge is 2.01. The maximum absolute atomic E-state index is 10.7. The summed E-state index contributed by atoms with van der Waals surface area (Å²) in [6.07, 6.45) is 0.945. The number of carbonyl (C=O) groups is 1. The van der Waals surface area contributed by atoms with E-state index in [1.165, 1.54) is 0 Å².